The number of rotatable bonds is 3. The highest BCUT2D eigenvalue weighted by Gasteiger charge is 2.24. The molecule has 0 fully saturated rings. The second-order valence-corrected chi connectivity index (χ2v) is 5.50. The van der Waals surface area contributed by atoms with Crippen LogP contribution < -0.4 is 0 Å². The molecule has 0 aliphatic rings. The van der Waals surface area contributed by atoms with Gasteiger partial charge < -0.3 is 4.90 Å². The third-order valence-electron chi connectivity index (χ3n) is 3.95. The summed E-state index contributed by atoms with van der Waals surface area (Å²) in [6.07, 6.45) is 1.58. The summed E-state index contributed by atoms with van der Waals surface area (Å²) in [6, 6.07) is 4.83. The Hall–Kier alpha value is -2.90. The van der Waals surface area contributed by atoms with Gasteiger partial charge in [0, 0.05) is 18.9 Å². The lowest BCUT2D eigenvalue weighted by Gasteiger charge is -2.24. The van der Waals surface area contributed by atoms with Crippen molar-refractivity contribution in [3.8, 4) is 0 Å². The number of aromatic nitrogens is 4. The van der Waals surface area contributed by atoms with Crippen LogP contribution in [0.25, 0.3) is 5.78 Å². The number of halogens is 2. The molecule has 0 aliphatic carbocycles. The van der Waals surface area contributed by atoms with Gasteiger partial charge in [0.2, 0.25) is 5.82 Å². The number of carbonyl (C=O) groups is 1. The number of carbonyl (C=O) groups excluding carboxylic acids is 1. The Morgan fingerprint density at radius 2 is 2.00 bits per heavy atom. The van der Waals surface area contributed by atoms with Crippen LogP contribution in [0.4, 0.5) is 8.78 Å². The van der Waals surface area contributed by atoms with Gasteiger partial charge in [-0.05, 0) is 37.6 Å². The maximum absolute atomic E-state index is 13.4. The Kier molecular flexibility index (Phi) is 3.96. The SMILES string of the molecule is Cc1ccnc2nc(C(=O)N(C)C(C)c3ccc(F)c(F)c3)nn12. The van der Waals surface area contributed by atoms with Gasteiger partial charge in [0.25, 0.3) is 11.7 Å². The summed E-state index contributed by atoms with van der Waals surface area (Å²) in [4.78, 5) is 22.1. The van der Waals surface area contributed by atoms with Crippen molar-refractivity contribution in [3.05, 3.63) is 59.2 Å². The van der Waals surface area contributed by atoms with Gasteiger partial charge in [0.1, 0.15) is 0 Å². The van der Waals surface area contributed by atoms with Crippen LogP contribution in [0, 0.1) is 18.6 Å². The average molecular weight is 331 g/mol. The van der Waals surface area contributed by atoms with Crippen molar-refractivity contribution in [1.29, 1.82) is 0 Å². The van der Waals surface area contributed by atoms with Crippen LogP contribution in [0.15, 0.2) is 30.5 Å². The van der Waals surface area contributed by atoms with Gasteiger partial charge in [-0.25, -0.2) is 18.3 Å². The van der Waals surface area contributed by atoms with E-state index in [1.54, 1.807) is 26.2 Å². The maximum Gasteiger partial charge on any atom is 0.293 e. The zero-order valence-electron chi connectivity index (χ0n) is 13.4. The van der Waals surface area contributed by atoms with Crippen molar-refractivity contribution < 1.29 is 13.6 Å². The molecule has 1 amide bonds. The van der Waals surface area contributed by atoms with Crippen molar-refractivity contribution in [2.24, 2.45) is 0 Å². The van der Waals surface area contributed by atoms with E-state index in [-0.39, 0.29) is 5.82 Å². The molecule has 1 atom stereocenters. The maximum atomic E-state index is 13.4. The number of hydrogen-bond donors (Lipinski definition) is 0. The summed E-state index contributed by atoms with van der Waals surface area (Å²) >= 11 is 0. The van der Waals surface area contributed by atoms with E-state index in [4.69, 9.17) is 0 Å². The molecule has 3 rings (SSSR count). The first-order valence-electron chi connectivity index (χ1n) is 7.29. The molecule has 0 bridgehead atoms. The van der Waals surface area contributed by atoms with Crippen LogP contribution >= 0.6 is 0 Å². The predicted octanol–water partition coefficient (Wildman–Crippen LogP) is 2.54. The van der Waals surface area contributed by atoms with Gasteiger partial charge in [-0.2, -0.15) is 4.98 Å². The van der Waals surface area contributed by atoms with Gasteiger partial charge in [0.05, 0.1) is 6.04 Å². The van der Waals surface area contributed by atoms with E-state index in [2.05, 4.69) is 15.1 Å². The highest BCUT2D eigenvalue weighted by atomic mass is 19.2. The fraction of sp³-hybridized carbons (Fsp3) is 0.250. The van der Waals surface area contributed by atoms with Crippen molar-refractivity contribution >= 4 is 11.7 Å². The first kappa shape index (κ1) is 16.0. The van der Waals surface area contributed by atoms with Crippen LogP contribution in [0.2, 0.25) is 0 Å². The van der Waals surface area contributed by atoms with E-state index in [0.29, 0.717) is 11.3 Å². The van der Waals surface area contributed by atoms with Crippen molar-refractivity contribution in [1.82, 2.24) is 24.5 Å². The average Bonchev–Trinajstić information content (AvgIpc) is 3.01. The summed E-state index contributed by atoms with van der Waals surface area (Å²) in [7, 11) is 1.56. The van der Waals surface area contributed by atoms with E-state index in [1.807, 2.05) is 6.92 Å². The van der Waals surface area contributed by atoms with Crippen molar-refractivity contribution in [3.63, 3.8) is 0 Å². The molecule has 0 radical (unpaired) electrons. The highest BCUT2D eigenvalue weighted by molar-refractivity contribution is 5.91. The topological polar surface area (TPSA) is 63.4 Å². The van der Waals surface area contributed by atoms with Gasteiger partial charge in [-0.3, -0.25) is 4.79 Å². The van der Waals surface area contributed by atoms with E-state index < -0.39 is 23.6 Å². The van der Waals surface area contributed by atoms with E-state index in [9.17, 15) is 13.6 Å². The van der Waals surface area contributed by atoms with Crippen LogP contribution in [0.1, 0.15) is 34.8 Å². The molecule has 6 nitrogen and oxygen atoms in total. The molecule has 3 aromatic rings. The summed E-state index contributed by atoms with van der Waals surface area (Å²) in [5, 5.41) is 4.16. The lowest BCUT2D eigenvalue weighted by atomic mass is 10.1. The first-order chi connectivity index (χ1) is 11.4. The number of nitrogens with zero attached hydrogens (tertiary/aromatic N) is 5. The summed E-state index contributed by atoms with van der Waals surface area (Å²) in [5.74, 6) is -1.99. The molecular formula is C16H15F2N5O. The Morgan fingerprint density at radius 1 is 1.25 bits per heavy atom. The molecule has 2 heterocycles. The van der Waals surface area contributed by atoms with Gasteiger partial charge in [-0.15, -0.1) is 5.10 Å². The van der Waals surface area contributed by atoms with Gasteiger partial charge in [-0.1, -0.05) is 6.07 Å². The molecule has 0 N–H and O–H groups in total. The molecular weight excluding hydrogens is 316 g/mol. The molecule has 1 aromatic carbocycles. The number of hydrogen-bond acceptors (Lipinski definition) is 4. The Bertz CT molecular complexity index is 924. The normalized spacial score (nSPS) is 12.4. The second kappa shape index (κ2) is 5.95. The Labute approximate surface area is 136 Å². The van der Waals surface area contributed by atoms with Crippen LogP contribution in [-0.4, -0.2) is 37.4 Å². The minimum Gasteiger partial charge on any atom is -0.332 e. The fourth-order valence-corrected chi connectivity index (χ4v) is 2.33. The van der Waals surface area contributed by atoms with Crippen molar-refractivity contribution in [2.45, 2.75) is 19.9 Å². The number of benzene rings is 1. The molecule has 0 aliphatic heterocycles. The summed E-state index contributed by atoms with van der Waals surface area (Å²) < 4.78 is 27.9. The molecule has 8 heteroatoms. The lowest BCUT2D eigenvalue weighted by molar-refractivity contribution is 0.0730. The van der Waals surface area contributed by atoms with Gasteiger partial charge >= 0.3 is 0 Å². The van der Waals surface area contributed by atoms with E-state index in [1.165, 1.54) is 15.5 Å². The molecule has 0 saturated carbocycles. The molecule has 1 unspecified atom stereocenters. The number of amides is 1. The van der Waals surface area contributed by atoms with Crippen LogP contribution in [-0.2, 0) is 0 Å². The van der Waals surface area contributed by atoms with Gasteiger partial charge in [0.15, 0.2) is 11.6 Å². The minimum absolute atomic E-state index is 0.00580. The summed E-state index contributed by atoms with van der Waals surface area (Å²) in [6.45, 7) is 3.54. The summed E-state index contributed by atoms with van der Waals surface area (Å²) in [5.41, 5.74) is 1.27. The van der Waals surface area contributed by atoms with Crippen molar-refractivity contribution in [2.75, 3.05) is 7.05 Å². The number of fused-ring (bicyclic) bond motifs is 1. The second-order valence-electron chi connectivity index (χ2n) is 5.50. The highest BCUT2D eigenvalue weighted by Crippen LogP contribution is 2.22. The standard InChI is InChI=1S/C16H15F2N5O/c1-9-6-7-19-16-20-14(21-23(9)16)15(24)22(3)10(2)11-4-5-12(17)13(18)8-11/h4-8,10H,1-3H3. The monoisotopic (exact) mass is 331 g/mol. The van der Waals surface area contributed by atoms with Crippen LogP contribution in [0.5, 0.6) is 0 Å². The lowest BCUT2D eigenvalue weighted by Crippen LogP contribution is -2.30. The molecule has 2 aromatic heterocycles. The number of aryl methyl sites for hydroxylation is 1. The largest absolute Gasteiger partial charge is 0.332 e. The zero-order chi connectivity index (χ0) is 17.4. The van der Waals surface area contributed by atoms with E-state index in [0.717, 1.165) is 17.8 Å². The minimum atomic E-state index is -0.953. The third kappa shape index (κ3) is 2.70. The molecule has 0 saturated heterocycles. The first-order valence-corrected chi connectivity index (χ1v) is 7.29. The molecule has 124 valence electrons. The quantitative estimate of drug-likeness (QED) is 0.740. The molecule has 0 spiro atoms. The smallest absolute Gasteiger partial charge is 0.293 e. The third-order valence-corrected chi connectivity index (χ3v) is 3.95. The van der Waals surface area contributed by atoms with E-state index >= 15 is 0 Å². The predicted molar refractivity (Wildman–Crippen MR) is 82.4 cm³/mol. The Morgan fingerprint density at radius 3 is 2.67 bits per heavy atom. The fourth-order valence-electron chi connectivity index (χ4n) is 2.33. The Balaban J connectivity index is 1.89. The molecule has 24 heavy (non-hydrogen) atoms. The van der Waals surface area contributed by atoms with Crippen LogP contribution in [0.3, 0.4) is 0 Å². The zero-order valence-corrected chi connectivity index (χ0v) is 13.4.